The second kappa shape index (κ2) is 11.0. The third kappa shape index (κ3) is 6.05. The Morgan fingerprint density at radius 1 is 0.971 bits per heavy atom. The van der Waals surface area contributed by atoms with E-state index in [-0.39, 0.29) is 5.91 Å². The van der Waals surface area contributed by atoms with Crippen LogP contribution in [0.1, 0.15) is 38.5 Å². The van der Waals surface area contributed by atoms with Crippen LogP contribution in [-0.2, 0) is 18.8 Å². The highest BCUT2D eigenvalue weighted by molar-refractivity contribution is 7.98. The molecule has 0 saturated heterocycles. The lowest BCUT2D eigenvalue weighted by molar-refractivity contribution is 0.0948. The molecule has 1 amide bonds. The van der Waals surface area contributed by atoms with Crippen molar-refractivity contribution in [3.05, 3.63) is 107 Å². The van der Waals surface area contributed by atoms with Gasteiger partial charge in [0.1, 0.15) is 11.6 Å². The zero-order chi connectivity index (χ0) is 23.9. The topological polar surface area (TPSA) is 71.3 Å². The maximum Gasteiger partial charge on any atom is 0.251 e. The minimum Gasteiger partial charge on any atom is -0.467 e. The Hall–Kier alpha value is -3.58. The number of carbonyl (C=O) groups excluding carboxylic acids is 1. The monoisotopic (exact) mass is 472 g/mol. The number of benzene rings is 2. The van der Waals surface area contributed by atoms with Crippen LogP contribution in [0.5, 0.6) is 0 Å². The molecule has 0 bridgehead atoms. The van der Waals surface area contributed by atoms with Crippen LogP contribution in [0, 0.1) is 13.8 Å². The molecule has 7 heteroatoms. The molecule has 2 aromatic carbocycles. The van der Waals surface area contributed by atoms with Crippen LogP contribution in [0.3, 0.4) is 0 Å². The van der Waals surface area contributed by atoms with Crippen molar-refractivity contribution in [3.8, 4) is 0 Å². The van der Waals surface area contributed by atoms with Crippen LogP contribution in [0.15, 0.2) is 82.6 Å². The van der Waals surface area contributed by atoms with Crippen molar-refractivity contribution in [1.29, 1.82) is 0 Å². The molecular formula is C27H28N4O2S. The highest BCUT2D eigenvalue weighted by atomic mass is 32.2. The lowest BCUT2D eigenvalue weighted by atomic mass is 10.1. The lowest BCUT2D eigenvalue weighted by Gasteiger charge is -2.21. The molecule has 4 rings (SSSR count). The van der Waals surface area contributed by atoms with E-state index >= 15 is 0 Å². The maximum absolute atomic E-state index is 12.3. The lowest BCUT2D eigenvalue weighted by Crippen LogP contribution is -2.22. The summed E-state index contributed by atoms with van der Waals surface area (Å²) in [7, 11) is 2.06. The molecule has 2 heterocycles. The van der Waals surface area contributed by atoms with E-state index in [2.05, 4.69) is 53.4 Å². The Bertz CT molecular complexity index is 1230. The van der Waals surface area contributed by atoms with Gasteiger partial charge in [-0.05, 0) is 49.2 Å². The summed E-state index contributed by atoms with van der Waals surface area (Å²) in [4.78, 5) is 24.0. The van der Waals surface area contributed by atoms with E-state index in [0.29, 0.717) is 12.1 Å². The van der Waals surface area contributed by atoms with E-state index in [1.165, 1.54) is 5.56 Å². The maximum atomic E-state index is 12.3. The smallest absolute Gasteiger partial charge is 0.251 e. The van der Waals surface area contributed by atoms with Gasteiger partial charge < -0.3 is 14.6 Å². The Morgan fingerprint density at radius 2 is 1.74 bits per heavy atom. The average Bonchev–Trinajstić information content (AvgIpc) is 3.38. The van der Waals surface area contributed by atoms with Crippen molar-refractivity contribution in [1.82, 2.24) is 15.3 Å². The first-order valence-corrected chi connectivity index (χ1v) is 12.1. The zero-order valence-electron chi connectivity index (χ0n) is 19.6. The quantitative estimate of drug-likeness (QED) is 0.255. The first-order valence-electron chi connectivity index (χ1n) is 11.1. The SMILES string of the molecule is Cc1nc(SCc2ccc(C(=O)NCc3ccco3)cc2)nc(N(C)Cc2ccccc2)c1C. The Balaban J connectivity index is 1.37. The number of amides is 1. The average molecular weight is 473 g/mol. The van der Waals surface area contributed by atoms with Gasteiger partial charge in [0, 0.05) is 36.2 Å². The number of aryl methyl sites for hydroxylation is 1. The van der Waals surface area contributed by atoms with E-state index in [4.69, 9.17) is 9.40 Å². The highest BCUT2D eigenvalue weighted by Crippen LogP contribution is 2.26. The number of rotatable bonds is 9. The number of hydrogen-bond acceptors (Lipinski definition) is 6. The number of hydrogen-bond donors (Lipinski definition) is 1. The van der Waals surface area contributed by atoms with E-state index in [0.717, 1.165) is 45.9 Å². The predicted octanol–water partition coefficient (Wildman–Crippen LogP) is 5.55. The van der Waals surface area contributed by atoms with Crippen molar-refractivity contribution in [2.75, 3.05) is 11.9 Å². The normalized spacial score (nSPS) is 10.8. The van der Waals surface area contributed by atoms with Crippen LogP contribution in [-0.4, -0.2) is 22.9 Å². The van der Waals surface area contributed by atoms with Crippen LogP contribution in [0.25, 0.3) is 0 Å². The van der Waals surface area contributed by atoms with Gasteiger partial charge in [0.05, 0.1) is 12.8 Å². The van der Waals surface area contributed by atoms with Gasteiger partial charge >= 0.3 is 0 Å². The molecule has 0 atom stereocenters. The van der Waals surface area contributed by atoms with E-state index in [9.17, 15) is 4.79 Å². The minimum absolute atomic E-state index is 0.126. The number of thioether (sulfide) groups is 1. The molecule has 2 aromatic heterocycles. The zero-order valence-corrected chi connectivity index (χ0v) is 20.4. The fourth-order valence-electron chi connectivity index (χ4n) is 3.54. The molecule has 0 aliphatic carbocycles. The van der Waals surface area contributed by atoms with Gasteiger partial charge in [-0.1, -0.05) is 54.2 Å². The summed E-state index contributed by atoms with van der Waals surface area (Å²) in [6.07, 6.45) is 1.59. The summed E-state index contributed by atoms with van der Waals surface area (Å²) in [5, 5.41) is 3.61. The second-order valence-corrected chi connectivity index (χ2v) is 9.07. The van der Waals surface area contributed by atoms with Gasteiger partial charge in [0.15, 0.2) is 5.16 Å². The van der Waals surface area contributed by atoms with Gasteiger partial charge in [-0.15, -0.1) is 0 Å². The van der Waals surface area contributed by atoms with Crippen LogP contribution >= 0.6 is 11.8 Å². The minimum atomic E-state index is -0.126. The number of anilines is 1. The van der Waals surface area contributed by atoms with Crippen molar-refractivity contribution in [3.63, 3.8) is 0 Å². The summed E-state index contributed by atoms with van der Waals surface area (Å²) in [6.45, 7) is 5.24. The largest absolute Gasteiger partial charge is 0.467 e. The number of nitrogens with one attached hydrogen (secondary N) is 1. The number of furan rings is 1. The molecule has 174 valence electrons. The summed E-state index contributed by atoms with van der Waals surface area (Å²) in [6, 6.07) is 21.6. The third-order valence-electron chi connectivity index (χ3n) is 5.55. The Labute approximate surface area is 204 Å². The van der Waals surface area contributed by atoms with E-state index < -0.39 is 0 Å². The Kier molecular flexibility index (Phi) is 7.65. The van der Waals surface area contributed by atoms with Gasteiger partial charge in [-0.25, -0.2) is 9.97 Å². The van der Waals surface area contributed by atoms with Gasteiger partial charge in [0.25, 0.3) is 5.91 Å². The van der Waals surface area contributed by atoms with Gasteiger partial charge in [0.2, 0.25) is 0 Å². The fourth-order valence-corrected chi connectivity index (χ4v) is 4.38. The molecule has 0 aliphatic rings. The van der Waals surface area contributed by atoms with E-state index in [1.807, 2.05) is 43.3 Å². The van der Waals surface area contributed by atoms with Crippen molar-refractivity contribution < 1.29 is 9.21 Å². The van der Waals surface area contributed by atoms with Crippen LogP contribution < -0.4 is 10.2 Å². The highest BCUT2D eigenvalue weighted by Gasteiger charge is 2.13. The molecule has 0 spiro atoms. The molecule has 1 N–H and O–H groups in total. The third-order valence-corrected chi connectivity index (χ3v) is 6.47. The predicted molar refractivity (Wildman–Crippen MR) is 136 cm³/mol. The molecule has 34 heavy (non-hydrogen) atoms. The number of nitrogens with zero attached hydrogens (tertiary/aromatic N) is 3. The second-order valence-electron chi connectivity index (χ2n) is 8.13. The molecular weight excluding hydrogens is 444 g/mol. The summed E-state index contributed by atoms with van der Waals surface area (Å²) in [5.74, 6) is 2.27. The molecule has 4 aromatic rings. The van der Waals surface area contributed by atoms with Gasteiger partial charge in [-0.2, -0.15) is 0 Å². The van der Waals surface area contributed by atoms with E-state index in [1.54, 1.807) is 24.1 Å². The first kappa shape index (κ1) is 23.6. The first-order chi connectivity index (χ1) is 16.5. The molecule has 0 saturated carbocycles. The standard InChI is InChI=1S/C27H28N4O2S/c1-19-20(2)29-27(30-25(19)31(3)17-21-8-5-4-6-9-21)34-18-22-11-13-23(14-12-22)26(32)28-16-24-10-7-15-33-24/h4-15H,16-18H2,1-3H3,(H,28,32). The molecule has 0 fully saturated rings. The molecule has 0 unspecified atom stereocenters. The van der Waals surface area contributed by atoms with Crippen molar-refractivity contribution in [2.24, 2.45) is 0 Å². The summed E-state index contributed by atoms with van der Waals surface area (Å²) < 4.78 is 5.25. The molecule has 6 nitrogen and oxygen atoms in total. The van der Waals surface area contributed by atoms with Gasteiger partial charge in [-0.3, -0.25) is 4.79 Å². The number of aromatic nitrogens is 2. The molecule has 0 radical (unpaired) electrons. The Morgan fingerprint density at radius 3 is 2.44 bits per heavy atom. The van der Waals surface area contributed by atoms with Crippen LogP contribution in [0.4, 0.5) is 5.82 Å². The molecule has 0 aliphatic heterocycles. The summed E-state index contributed by atoms with van der Waals surface area (Å²) >= 11 is 1.60. The number of carbonyl (C=O) groups is 1. The van der Waals surface area contributed by atoms with Crippen molar-refractivity contribution >= 4 is 23.5 Å². The van der Waals surface area contributed by atoms with Crippen LogP contribution in [0.2, 0.25) is 0 Å². The summed E-state index contributed by atoms with van der Waals surface area (Å²) in [5.41, 5.74) is 5.04. The fraction of sp³-hybridized carbons (Fsp3) is 0.222. The van der Waals surface area contributed by atoms with Crippen molar-refractivity contribution in [2.45, 2.75) is 37.8 Å².